The first-order chi connectivity index (χ1) is 8.29. The van der Waals surface area contributed by atoms with Crippen molar-refractivity contribution in [2.45, 2.75) is 13.1 Å². The first-order valence-electron chi connectivity index (χ1n) is 5.33. The number of nitrogens with zero attached hydrogens (tertiary/aromatic N) is 4. The summed E-state index contributed by atoms with van der Waals surface area (Å²) in [7, 11) is 3.47. The van der Waals surface area contributed by atoms with Crippen LogP contribution in [0.1, 0.15) is 11.3 Å². The molecule has 0 bridgehead atoms. The van der Waals surface area contributed by atoms with Crippen molar-refractivity contribution in [1.29, 1.82) is 0 Å². The summed E-state index contributed by atoms with van der Waals surface area (Å²) < 4.78 is 6.85. The van der Waals surface area contributed by atoms with Crippen LogP contribution < -0.4 is 10.1 Å². The van der Waals surface area contributed by atoms with Gasteiger partial charge in [0, 0.05) is 38.1 Å². The van der Waals surface area contributed by atoms with Crippen molar-refractivity contribution in [2.75, 3.05) is 7.11 Å². The van der Waals surface area contributed by atoms with Crippen LogP contribution in [0.15, 0.2) is 24.5 Å². The molecule has 0 spiro atoms. The van der Waals surface area contributed by atoms with Crippen molar-refractivity contribution in [1.82, 2.24) is 25.3 Å². The minimum Gasteiger partial charge on any atom is -0.481 e. The molecule has 2 heterocycles. The zero-order chi connectivity index (χ0) is 12.1. The number of aryl methyl sites for hydroxylation is 1. The number of pyridine rings is 1. The van der Waals surface area contributed by atoms with Crippen LogP contribution in [-0.4, -0.2) is 27.1 Å². The number of methoxy groups -OCH3 is 1. The van der Waals surface area contributed by atoms with Crippen LogP contribution in [0.25, 0.3) is 0 Å². The Morgan fingerprint density at radius 1 is 1.41 bits per heavy atom. The second-order valence-electron chi connectivity index (χ2n) is 3.66. The topological polar surface area (TPSA) is 64.9 Å². The highest BCUT2D eigenvalue weighted by molar-refractivity contribution is 5.25. The lowest BCUT2D eigenvalue weighted by molar-refractivity contribution is 0.390. The fraction of sp³-hybridized carbons (Fsp3) is 0.364. The first-order valence-corrected chi connectivity index (χ1v) is 5.33. The van der Waals surface area contributed by atoms with Crippen LogP contribution in [0.5, 0.6) is 5.88 Å². The molecule has 90 valence electrons. The quantitative estimate of drug-likeness (QED) is 0.815. The molecule has 1 N–H and O–H groups in total. The molecule has 0 atom stereocenters. The second kappa shape index (κ2) is 5.40. The van der Waals surface area contributed by atoms with E-state index in [2.05, 4.69) is 20.6 Å². The van der Waals surface area contributed by atoms with Crippen LogP contribution in [0.2, 0.25) is 0 Å². The van der Waals surface area contributed by atoms with E-state index in [9.17, 15) is 0 Å². The number of nitrogens with one attached hydrogen (secondary N) is 1. The summed E-state index contributed by atoms with van der Waals surface area (Å²) in [5, 5.41) is 11.1. The summed E-state index contributed by atoms with van der Waals surface area (Å²) in [6, 6.07) is 3.87. The Balaban J connectivity index is 1.89. The van der Waals surface area contributed by atoms with E-state index in [1.54, 1.807) is 18.0 Å². The van der Waals surface area contributed by atoms with E-state index < -0.39 is 0 Å². The summed E-state index contributed by atoms with van der Waals surface area (Å²) in [5.74, 6) is 0.652. The van der Waals surface area contributed by atoms with Crippen molar-refractivity contribution in [3.63, 3.8) is 0 Å². The van der Waals surface area contributed by atoms with Crippen LogP contribution in [0.3, 0.4) is 0 Å². The molecule has 2 aromatic rings. The fourth-order valence-corrected chi connectivity index (χ4v) is 1.54. The van der Waals surface area contributed by atoms with E-state index in [0.717, 1.165) is 11.3 Å². The first kappa shape index (κ1) is 11.5. The van der Waals surface area contributed by atoms with Gasteiger partial charge in [0.05, 0.1) is 12.8 Å². The highest BCUT2D eigenvalue weighted by atomic mass is 16.5. The van der Waals surface area contributed by atoms with Gasteiger partial charge in [-0.15, -0.1) is 5.10 Å². The maximum absolute atomic E-state index is 5.17. The molecule has 2 aromatic heterocycles. The Bertz CT molecular complexity index is 482. The lowest BCUT2D eigenvalue weighted by atomic mass is 10.2. The monoisotopic (exact) mass is 233 g/mol. The van der Waals surface area contributed by atoms with Crippen LogP contribution in [0.4, 0.5) is 0 Å². The predicted molar refractivity (Wildman–Crippen MR) is 62.3 cm³/mol. The van der Waals surface area contributed by atoms with E-state index in [-0.39, 0.29) is 0 Å². The molecule has 6 nitrogen and oxygen atoms in total. The molecule has 0 saturated heterocycles. The van der Waals surface area contributed by atoms with E-state index >= 15 is 0 Å². The number of aromatic nitrogens is 4. The summed E-state index contributed by atoms with van der Waals surface area (Å²) in [4.78, 5) is 4.13. The van der Waals surface area contributed by atoms with Crippen molar-refractivity contribution in [2.24, 2.45) is 7.05 Å². The third kappa shape index (κ3) is 3.01. The number of ether oxygens (including phenoxy) is 1. The van der Waals surface area contributed by atoms with Crippen LogP contribution >= 0.6 is 0 Å². The SMILES string of the molecule is COc1ncccc1CNCc1cn(C)nn1. The van der Waals surface area contributed by atoms with E-state index in [0.29, 0.717) is 19.0 Å². The number of rotatable bonds is 5. The summed E-state index contributed by atoms with van der Waals surface area (Å²) in [5.41, 5.74) is 1.94. The van der Waals surface area contributed by atoms with Crippen molar-refractivity contribution >= 4 is 0 Å². The van der Waals surface area contributed by atoms with Gasteiger partial charge in [0.1, 0.15) is 0 Å². The fourth-order valence-electron chi connectivity index (χ4n) is 1.54. The Morgan fingerprint density at radius 3 is 3.00 bits per heavy atom. The molecule has 0 aliphatic heterocycles. The lowest BCUT2D eigenvalue weighted by Gasteiger charge is -2.06. The molecule has 0 aliphatic carbocycles. The van der Waals surface area contributed by atoms with Gasteiger partial charge in [-0.05, 0) is 6.07 Å². The smallest absolute Gasteiger partial charge is 0.217 e. The minimum absolute atomic E-state index is 0.652. The van der Waals surface area contributed by atoms with Crippen molar-refractivity contribution < 1.29 is 4.74 Å². The van der Waals surface area contributed by atoms with Gasteiger partial charge in [-0.25, -0.2) is 4.98 Å². The van der Waals surface area contributed by atoms with Gasteiger partial charge in [-0.3, -0.25) is 4.68 Å². The molecule has 0 aliphatic rings. The zero-order valence-corrected chi connectivity index (χ0v) is 9.92. The van der Waals surface area contributed by atoms with Crippen molar-refractivity contribution in [3.05, 3.63) is 35.8 Å². The minimum atomic E-state index is 0.652. The van der Waals surface area contributed by atoms with E-state index in [1.807, 2.05) is 25.4 Å². The largest absolute Gasteiger partial charge is 0.481 e. The third-order valence-corrected chi connectivity index (χ3v) is 2.31. The molecule has 0 fully saturated rings. The van der Waals surface area contributed by atoms with Gasteiger partial charge < -0.3 is 10.1 Å². The molecule has 0 radical (unpaired) electrons. The molecular formula is C11H15N5O. The standard InChI is InChI=1S/C11H15N5O/c1-16-8-10(14-15-16)7-12-6-9-4-3-5-13-11(9)17-2/h3-5,8,12H,6-7H2,1-2H3. The number of hydrogen-bond donors (Lipinski definition) is 1. The van der Waals surface area contributed by atoms with Gasteiger partial charge >= 0.3 is 0 Å². The Labute approximate surface area is 99.6 Å². The Kier molecular flexibility index (Phi) is 3.66. The molecule has 17 heavy (non-hydrogen) atoms. The van der Waals surface area contributed by atoms with Gasteiger partial charge in [0.15, 0.2) is 0 Å². The van der Waals surface area contributed by atoms with E-state index in [4.69, 9.17) is 4.74 Å². The molecular weight excluding hydrogens is 218 g/mol. The molecule has 0 aromatic carbocycles. The van der Waals surface area contributed by atoms with Crippen LogP contribution in [0, 0.1) is 0 Å². The average Bonchev–Trinajstić information content (AvgIpc) is 2.76. The Hall–Kier alpha value is -1.95. The molecule has 2 rings (SSSR count). The van der Waals surface area contributed by atoms with Crippen LogP contribution in [-0.2, 0) is 20.1 Å². The Morgan fingerprint density at radius 2 is 2.29 bits per heavy atom. The molecule has 0 unspecified atom stereocenters. The normalized spacial score (nSPS) is 10.5. The highest BCUT2D eigenvalue weighted by Gasteiger charge is 2.03. The van der Waals surface area contributed by atoms with Gasteiger partial charge in [-0.2, -0.15) is 0 Å². The zero-order valence-electron chi connectivity index (χ0n) is 9.92. The average molecular weight is 233 g/mol. The van der Waals surface area contributed by atoms with Gasteiger partial charge in [-0.1, -0.05) is 11.3 Å². The predicted octanol–water partition coefficient (Wildman–Crippen LogP) is 0.508. The summed E-state index contributed by atoms with van der Waals surface area (Å²) >= 11 is 0. The van der Waals surface area contributed by atoms with Crippen molar-refractivity contribution in [3.8, 4) is 5.88 Å². The van der Waals surface area contributed by atoms with E-state index in [1.165, 1.54) is 0 Å². The van der Waals surface area contributed by atoms with Gasteiger partial charge in [0.2, 0.25) is 5.88 Å². The lowest BCUT2D eigenvalue weighted by Crippen LogP contribution is -2.14. The highest BCUT2D eigenvalue weighted by Crippen LogP contribution is 2.12. The summed E-state index contributed by atoms with van der Waals surface area (Å²) in [6.07, 6.45) is 3.60. The molecule has 6 heteroatoms. The third-order valence-electron chi connectivity index (χ3n) is 2.31. The maximum Gasteiger partial charge on any atom is 0.217 e. The molecule has 0 amide bonds. The molecule has 0 saturated carbocycles. The summed E-state index contributed by atoms with van der Waals surface area (Å²) in [6.45, 7) is 1.36. The maximum atomic E-state index is 5.17. The number of hydrogen-bond acceptors (Lipinski definition) is 5. The second-order valence-corrected chi connectivity index (χ2v) is 3.66. The van der Waals surface area contributed by atoms with Gasteiger partial charge in [0.25, 0.3) is 0 Å².